The number of halogens is 3. The Bertz CT molecular complexity index is 1360. The number of likely N-dealkylation sites (tertiary alicyclic amines) is 1. The fraction of sp³-hybridized carbons (Fsp3) is 0.231. The number of rotatable bonds is 5. The molecule has 1 aliphatic heterocycles. The van der Waals surface area contributed by atoms with E-state index in [9.17, 15) is 33.1 Å². The second-order valence-electron chi connectivity index (χ2n) is 8.56. The largest absolute Gasteiger partial charge is 0.433 e. The number of carbonyl (C=O) groups is 2. The summed E-state index contributed by atoms with van der Waals surface area (Å²) in [5.41, 5.74) is 1.97. The summed E-state index contributed by atoms with van der Waals surface area (Å²) < 4.78 is 38.2. The van der Waals surface area contributed by atoms with E-state index in [2.05, 4.69) is 16.4 Å². The first-order valence-electron chi connectivity index (χ1n) is 11.0. The Morgan fingerprint density at radius 2 is 1.86 bits per heavy atom. The zero-order valence-corrected chi connectivity index (χ0v) is 19.1. The van der Waals surface area contributed by atoms with Gasteiger partial charge in [-0.05, 0) is 59.5 Å². The number of nitrogens with zero attached hydrogens (tertiary/aromatic N) is 3. The molecule has 1 saturated heterocycles. The van der Waals surface area contributed by atoms with Crippen LogP contribution in [0, 0.1) is 18.3 Å². The number of carbonyl (C=O) groups excluding carboxylic acids is 2. The zero-order valence-electron chi connectivity index (χ0n) is 19.1. The molecule has 0 unspecified atom stereocenters. The Morgan fingerprint density at radius 1 is 1.14 bits per heavy atom. The van der Waals surface area contributed by atoms with E-state index in [0.29, 0.717) is 22.3 Å². The lowest BCUT2D eigenvalue weighted by Gasteiger charge is -2.36. The molecule has 0 atom stereocenters. The molecule has 2 amide bonds. The Kier molecular flexibility index (Phi) is 6.77. The molecule has 0 saturated carbocycles. The minimum Gasteiger partial charge on any atom is -0.389 e. The number of nitrogens with one attached hydrogen (secondary N) is 1. The van der Waals surface area contributed by atoms with Gasteiger partial charge in [0.15, 0.2) is 0 Å². The number of β-amino-alcohol motifs (C(OH)–C–C–N with tert-alkyl or cyclic N) is 1. The third-order valence-electron chi connectivity index (χ3n) is 5.77. The molecule has 2 aromatic carbocycles. The summed E-state index contributed by atoms with van der Waals surface area (Å²) in [5.74, 6) is -0.922. The number of aliphatic hydroxyl groups is 1. The van der Waals surface area contributed by atoms with Crippen molar-refractivity contribution in [3.8, 4) is 17.2 Å². The number of aryl methyl sites for hydroxylation is 1. The maximum absolute atomic E-state index is 13.0. The second-order valence-corrected chi connectivity index (χ2v) is 8.56. The van der Waals surface area contributed by atoms with Gasteiger partial charge in [0.05, 0.1) is 17.7 Å². The van der Waals surface area contributed by atoms with Crippen molar-refractivity contribution in [1.82, 2.24) is 15.2 Å². The van der Waals surface area contributed by atoms with Crippen LogP contribution in [0.25, 0.3) is 11.1 Å². The topological polar surface area (TPSA) is 106 Å². The summed E-state index contributed by atoms with van der Waals surface area (Å²) in [6.07, 6.45) is -4.12. The van der Waals surface area contributed by atoms with E-state index < -0.39 is 23.9 Å². The van der Waals surface area contributed by atoms with E-state index >= 15 is 0 Å². The first kappa shape index (κ1) is 24.9. The Balaban J connectivity index is 1.63. The highest BCUT2D eigenvalue weighted by Crippen LogP contribution is 2.29. The third kappa shape index (κ3) is 5.37. The Labute approximate surface area is 204 Å². The van der Waals surface area contributed by atoms with Crippen molar-refractivity contribution >= 4 is 11.8 Å². The van der Waals surface area contributed by atoms with E-state index in [1.807, 2.05) is 13.0 Å². The van der Waals surface area contributed by atoms with Crippen LogP contribution in [-0.2, 0) is 12.7 Å². The van der Waals surface area contributed by atoms with Gasteiger partial charge in [-0.15, -0.1) is 0 Å². The first-order valence-corrected chi connectivity index (χ1v) is 11.0. The molecule has 0 spiro atoms. The van der Waals surface area contributed by atoms with Crippen molar-refractivity contribution in [2.45, 2.75) is 25.7 Å². The molecule has 184 valence electrons. The van der Waals surface area contributed by atoms with Gasteiger partial charge < -0.3 is 15.3 Å². The molecule has 1 fully saturated rings. The lowest BCUT2D eigenvalue weighted by molar-refractivity contribution is -0.141. The number of pyridine rings is 1. The van der Waals surface area contributed by atoms with Crippen molar-refractivity contribution in [3.63, 3.8) is 0 Å². The highest BCUT2D eigenvalue weighted by Gasteiger charge is 2.32. The number of hydrogen-bond acceptors (Lipinski definition) is 5. The van der Waals surface area contributed by atoms with Gasteiger partial charge in [0.1, 0.15) is 5.69 Å². The van der Waals surface area contributed by atoms with Gasteiger partial charge in [-0.1, -0.05) is 18.2 Å². The predicted octanol–water partition coefficient (Wildman–Crippen LogP) is 3.69. The molecule has 3 aromatic rings. The molecule has 1 aliphatic rings. The van der Waals surface area contributed by atoms with E-state index in [0.717, 1.165) is 17.8 Å². The molecule has 36 heavy (non-hydrogen) atoms. The molecule has 0 bridgehead atoms. The third-order valence-corrected chi connectivity index (χ3v) is 5.77. The monoisotopic (exact) mass is 494 g/mol. The lowest BCUT2D eigenvalue weighted by Crippen LogP contribution is -2.53. The maximum atomic E-state index is 13.0. The van der Waals surface area contributed by atoms with Crippen LogP contribution in [-0.4, -0.2) is 46.0 Å². The van der Waals surface area contributed by atoms with Crippen molar-refractivity contribution in [3.05, 3.63) is 88.2 Å². The summed E-state index contributed by atoms with van der Waals surface area (Å²) in [6.45, 7) is 2.12. The van der Waals surface area contributed by atoms with Gasteiger partial charge in [-0.3, -0.25) is 14.6 Å². The molecule has 7 nitrogen and oxygen atoms in total. The van der Waals surface area contributed by atoms with E-state index in [1.54, 1.807) is 24.3 Å². The highest BCUT2D eigenvalue weighted by molar-refractivity contribution is 6.02. The van der Waals surface area contributed by atoms with Crippen LogP contribution >= 0.6 is 0 Å². The molecular weight excluding hydrogens is 473 g/mol. The van der Waals surface area contributed by atoms with Crippen LogP contribution in [0.3, 0.4) is 0 Å². The molecule has 10 heteroatoms. The second kappa shape index (κ2) is 9.79. The van der Waals surface area contributed by atoms with E-state index in [4.69, 9.17) is 0 Å². The van der Waals surface area contributed by atoms with Gasteiger partial charge >= 0.3 is 6.18 Å². The number of nitriles is 1. The van der Waals surface area contributed by atoms with Crippen LogP contribution in [0.4, 0.5) is 13.2 Å². The number of aromatic nitrogens is 1. The summed E-state index contributed by atoms with van der Waals surface area (Å²) in [4.78, 5) is 30.8. The molecule has 4 rings (SSSR count). The van der Waals surface area contributed by atoms with Crippen LogP contribution in [0.5, 0.6) is 0 Å². The van der Waals surface area contributed by atoms with Crippen molar-refractivity contribution in [2.75, 3.05) is 13.1 Å². The number of amides is 2. The number of alkyl halides is 3. The first-order chi connectivity index (χ1) is 17.0. The molecule has 2 N–H and O–H groups in total. The number of hydrogen-bond donors (Lipinski definition) is 2. The van der Waals surface area contributed by atoms with Crippen molar-refractivity contribution in [1.29, 1.82) is 5.26 Å². The fourth-order valence-electron chi connectivity index (χ4n) is 3.82. The minimum absolute atomic E-state index is 0.0796. The zero-order chi connectivity index (χ0) is 26.0. The smallest absolute Gasteiger partial charge is 0.389 e. The number of aliphatic hydroxyl groups excluding tert-OH is 1. The van der Waals surface area contributed by atoms with E-state index in [-0.39, 0.29) is 36.7 Å². The van der Waals surface area contributed by atoms with Crippen LogP contribution < -0.4 is 5.32 Å². The molecule has 1 aromatic heterocycles. The Hall–Kier alpha value is -4.23. The predicted molar refractivity (Wildman–Crippen MR) is 124 cm³/mol. The molecule has 2 heterocycles. The SMILES string of the molecule is Cc1ccc(-c2cc(C(=O)NCc3ccc(C(F)(F)F)nc3)cc(C(=O)N3CC(O)C3)c2)c(C#N)c1. The van der Waals surface area contributed by atoms with Gasteiger partial charge in [-0.25, -0.2) is 0 Å². The molecular formula is C26H21F3N4O3. The summed E-state index contributed by atoms with van der Waals surface area (Å²) in [6, 6.07) is 14.0. The number of benzene rings is 2. The van der Waals surface area contributed by atoms with E-state index in [1.165, 1.54) is 17.0 Å². The van der Waals surface area contributed by atoms with Crippen LogP contribution in [0.2, 0.25) is 0 Å². The lowest BCUT2D eigenvalue weighted by atomic mass is 9.94. The van der Waals surface area contributed by atoms with Gasteiger partial charge in [-0.2, -0.15) is 18.4 Å². The molecule has 0 radical (unpaired) electrons. The van der Waals surface area contributed by atoms with Gasteiger partial charge in [0.2, 0.25) is 0 Å². The van der Waals surface area contributed by atoms with Gasteiger partial charge in [0.25, 0.3) is 11.8 Å². The van der Waals surface area contributed by atoms with Crippen LogP contribution in [0.1, 0.15) is 43.1 Å². The summed E-state index contributed by atoms with van der Waals surface area (Å²) in [5, 5.41) is 21.8. The average Bonchev–Trinajstić information content (AvgIpc) is 2.84. The molecule has 0 aliphatic carbocycles. The summed E-state index contributed by atoms with van der Waals surface area (Å²) in [7, 11) is 0. The van der Waals surface area contributed by atoms with Crippen LogP contribution in [0.15, 0.2) is 54.7 Å². The van der Waals surface area contributed by atoms with Crippen molar-refractivity contribution < 1.29 is 27.9 Å². The normalized spacial score (nSPS) is 13.6. The fourth-order valence-corrected chi connectivity index (χ4v) is 3.82. The maximum Gasteiger partial charge on any atom is 0.433 e. The quantitative estimate of drug-likeness (QED) is 0.563. The average molecular weight is 494 g/mol. The standard InChI is InChI=1S/C26H21F3N4O3/c1-15-2-4-22(20(6-15)10-30)17-7-18(9-19(8-17)25(36)33-13-21(34)14-33)24(35)32-12-16-3-5-23(31-11-16)26(27,28)29/h2-9,11,21,34H,12-14H2,1H3,(H,32,35). The Morgan fingerprint density at radius 3 is 2.47 bits per heavy atom. The van der Waals surface area contributed by atoms with Crippen molar-refractivity contribution in [2.24, 2.45) is 0 Å². The minimum atomic E-state index is -4.56. The highest BCUT2D eigenvalue weighted by atomic mass is 19.4. The van der Waals surface area contributed by atoms with Gasteiger partial charge in [0, 0.05) is 37.0 Å². The summed E-state index contributed by atoms with van der Waals surface area (Å²) >= 11 is 0.